The minimum absolute atomic E-state index is 0.0996. The van der Waals surface area contributed by atoms with Crippen molar-refractivity contribution in [2.24, 2.45) is 0 Å². The molecule has 1 aromatic carbocycles. The Bertz CT molecular complexity index is 385. The summed E-state index contributed by atoms with van der Waals surface area (Å²) in [6.07, 6.45) is -0.186. The zero-order valence-corrected chi connectivity index (χ0v) is 11.0. The smallest absolute Gasteiger partial charge is 0.134 e. The van der Waals surface area contributed by atoms with Crippen LogP contribution in [0.25, 0.3) is 0 Å². The van der Waals surface area contributed by atoms with Gasteiger partial charge >= 0.3 is 0 Å². The number of hydrogen-bond donors (Lipinski definition) is 1. The van der Waals surface area contributed by atoms with Gasteiger partial charge < -0.3 is 14.6 Å². The maximum absolute atomic E-state index is 9.43. The first kappa shape index (κ1) is 12.2. The standard InChI is InChI=1S/C11H12BrClO3/c1-15-11-8(14)5-10(11)16-9-3-2-6(13)4-7(9)12/h2-4,8,10-11,14H,5H2,1H3. The number of halogens is 2. The van der Waals surface area contributed by atoms with Gasteiger partial charge in [-0.25, -0.2) is 0 Å². The van der Waals surface area contributed by atoms with Crippen LogP contribution in [0.4, 0.5) is 0 Å². The van der Waals surface area contributed by atoms with E-state index in [2.05, 4.69) is 15.9 Å². The maximum Gasteiger partial charge on any atom is 0.134 e. The average Bonchev–Trinajstić information content (AvgIpc) is 2.21. The van der Waals surface area contributed by atoms with Crippen LogP contribution >= 0.6 is 27.5 Å². The maximum atomic E-state index is 9.43. The van der Waals surface area contributed by atoms with E-state index in [4.69, 9.17) is 21.1 Å². The Balaban J connectivity index is 2.04. The summed E-state index contributed by atoms with van der Waals surface area (Å²) in [4.78, 5) is 0. The molecule has 1 N–H and O–H groups in total. The molecule has 0 heterocycles. The molecule has 88 valence electrons. The van der Waals surface area contributed by atoms with Gasteiger partial charge in [0.25, 0.3) is 0 Å². The number of ether oxygens (including phenoxy) is 2. The van der Waals surface area contributed by atoms with E-state index in [9.17, 15) is 5.11 Å². The van der Waals surface area contributed by atoms with E-state index in [-0.39, 0.29) is 12.2 Å². The van der Waals surface area contributed by atoms with E-state index < -0.39 is 6.10 Å². The summed E-state index contributed by atoms with van der Waals surface area (Å²) in [5.74, 6) is 0.711. The molecule has 0 radical (unpaired) electrons. The second-order valence-electron chi connectivity index (χ2n) is 3.73. The Morgan fingerprint density at radius 1 is 1.50 bits per heavy atom. The van der Waals surface area contributed by atoms with Gasteiger partial charge in [-0.2, -0.15) is 0 Å². The molecule has 5 heteroatoms. The molecule has 0 aliphatic heterocycles. The lowest BCUT2D eigenvalue weighted by molar-refractivity contribution is -0.149. The minimum Gasteiger partial charge on any atom is -0.486 e. The van der Waals surface area contributed by atoms with Gasteiger partial charge in [0.1, 0.15) is 18.0 Å². The lowest BCUT2D eigenvalue weighted by Gasteiger charge is -2.40. The number of hydrogen-bond acceptors (Lipinski definition) is 3. The highest BCUT2D eigenvalue weighted by Gasteiger charge is 2.42. The predicted molar refractivity (Wildman–Crippen MR) is 65.0 cm³/mol. The third-order valence-corrected chi connectivity index (χ3v) is 3.52. The molecule has 3 unspecified atom stereocenters. The molecular weight excluding hydrogens is 295 g/mol. The summed E-state index contributed by atoms with van der Waals surface area (Å²) in [6, 6.07) is 5.33. The fourth-order valence-electron chi connectivity index (χ4n) is 1.72. The van der Waals surface area contributed by atoms with Crippen LogP contribution < -0.4 is 4.74 Å². The van der Waals surface area contributed by atoms with Crippen molar-refractivity contribution in [3.8, 4) is 5.75 Å². The van der Waals surface area contributed by atoms with Crippen molar-refractivity contribution in [2.75, 3.05) is 7.11 Å². The molecule has 1 saturated carbocycles. The van der Waals surface area contributed by atoms with Gasteiger partial charge in [0.2, 0.25) is 0 Å². The third-order valence-electron chi connectivity index (χ3n) is 2.66. The summed E-state index contributed by atoms with van der Waals surface area (Å²) >= 11 is 9.20. The van der Waals surface area contributed by atoms with E-state index in [1.54, 1.807) is 25.3 Å². The topological polar surface area (TPSA) is 38.7 Å². The van der Waals surface area contributed by atoms with E-state index in [0.717, 1.165) is 4.47 Å². The number of aliphatic hydroxyl groups excluding tert-OH is 1. The minimum atomic E-state index is -0.430. The molecule has 3 atom stereocenters. The molecule has 0 saturated heterocycles. The molecule has 2 rings (SSSR count). The second-order valence-corrected chi connectivity index (χ2v) is 5.03. The van der Waals surface area contributed by atoms with Gasteiger partial charge in [0.05, 0.1) is 10.6 Å². The lowest BCUT2D eigenvalue weighted by atomic mass is 9.88. The molecular formula is C11H12BrClO3. The summed E-state index contributed by atoms with van der Waals surface area (Å²) in [5.41, 5.74) is 0. The predicted octanol–water partition coefficient (Wildman–Crippen LogP) is 2.63. The highest BCUT2D eigenvalue weighted by molar-refractivity contribution is 9.10. The van der Waals surface area contributed by atoms with E-state index in [1.165, 1.54) is 0 Å². The molecule has 1 aliphatic rings. The second kappa shape index (κ2) is 4.92. The number of rotatable bonds is 3. The molecule has 0 aromatic heterocycles. The van der Waals surface area contributed by atoms with Gasteiger partial charge in [0, 0.05) is 18.6 Å². The summed E-state index contributed by atoms with van der Waals surface area (Å²) < 4.78 is 11.7. The molecule has 1 aromatic rings. The van der Waals surface area contributed by atoms with Crippen molar-refractivity contribution < 1.29 is 14.6 Å². The molecule has 16 heavy (non-hydrogen) atoms. The van der Waals surface area contributed by atoms with Crippen molar-refractivity contribution in [2.45, 2.75) is 24.7 Å². The first-order valence-electron chi connectivity index (χ1n) is 4.94. The van der Waals surface area contributed by atoms with E-state index in [1.807, 2.05) is 0 Å². The fourth-order valence-corrected chi connectivity index (χ4v) is 2.49. The molecule has 1 aliphatic carbocycles. The third kappa shape index (κ3) is 2.35. The summed E-state index contributed by atoms with van der Waals surface area (Å²) in [5, 5.41) is 10.1. The van der Waals surface area contributed by atoms with Crippen LogP contribution in [0.2, 0.25) is 5.02 Å². The van der Waals surface area contributed by atoms with Crippen molar-refractivity contribution in [1.29, 1.82) is 0 Å². The SMILES string of the molecule is COC1C(O)CC1Oc1ccc(Cl)cc1Br. The Labute approximate surface area is 107 Å². The van der Waals surface area contributed by atoms with Crippen LogP contribution in [0, 0.1) is 0 Å². The zero-order valence-electron chi connectivity index (χ0n) is 8.69. The van der Waals surface area contributed by atoms with Crippen molar-refractivity contribution in [1.82, 2.24) is 0 Å². The van der Waals surface area contributed by atoms with Gasteiger partial charge in [-0.15, -0.1) is 0 Å². The van der Waals surface area contributed by atoms with Gasteiger partial charge in [-0.3, -0.25) is 0 Å². The fraction of sp³-hybridized carbons (Fsp3) is 0.455. The first-order chi connectivity index (χ1) is 7.61. The normalized spacial score (nSPS) is 28.6. The Kier molecular flexibility index (Phi) is 3.74. The van der Waals surface area contributed by atoms with Crippen LogP contribution in [0.3, 0.4) is 0 Å². The number of benzene rings is 1. The monoisotopic (exact) mass is 306 g/mol. The molecule has 0 bridgehead atoms. The Morgan fingerprint density at radius 3 is 2.81 bits per heavy atom. The molecule has 1 fully saturated rings. The number of methoxy groups -OCH3 is 1. The van der Waals surface area contributed by atoms with Crippen molar-refractivity contribution >= 4 is 27.5 Å². The van der Waals surface area contributed by atoms with E-state index >= 15 is 0 Å². The van der Waals surface area contributed by atoms with Crippen LogP contribution in [-0.2, 0) is 4.74 Å². The molecule has 0 spiro atoms. The number of aliphatic hydroxyl groups is 1. The highest BCUT2D eigenvalue weighted by Crippen LogP contribution is 2.33. The first-order valence-corrected chi connectivity index (χ1v) is 6.11. The Hall–Kier alpha value is -0.290. The summed E-state index contributed by atoms with van der Waals surface area (Å²) in [6.45, 7) is 0. The van der Waals surface area contributed by atoms with Gasteiger partial charge in [-0.1, -0.05) is 11.6 Å². The van der Waals surface area contributed by atoms with Crippen LogP contribution in [0.5, 0.6) is 5.75 Å². The Morgan fingerprint density at radius 2 is 2.25 bits per heavy atom. The largest absolute Gasteiger partial charge is 0.486 e. The zero-order chi connectivity index (χ0) is 11.7. The van der Waals surface area contributed by atoms with Crippen LogP contribution in [0.15, 0.2) is 22.7 Å². The van der Waals surface area contributed by atoms with Crippen molar-refractivity contribution in [3.63, 3.8) is 0 Å². The summed E-state index contributed by atoms with van der Waals surface area (Å²) in [7, 11) is 1.57. The van der Waals surface area contributed by atoms with E-state index in [0.29, 0.717) is 17.2 Å². The van der Waals surface area contributed by atoms with Gasteiger partial charge in [0.15, 0.2) is 0 Å². The van der Waals surface area contributed by atoms with Crippen LogP contribution in [0.1, 0.15) is 6.42 Å². The lowest BCUT2D eigenvalue weighted by Crippen LogP contribution is -2.54. The van der Waals surface area contributed by atoms with Crippen LogP contribution in [-0.4, -0.2) is 30.5 Å². The molecule has 0 amide bonds. The van der Waals surface area contributed by atoms with Gasteiger partial charge in [-0.05, 0) is 34.1 Å². The average molecular weight is 308 g/mol. The quantitative estimate of drug-likeness (QED) is 0.933. The molecule has 3 nitrogen and oxygen atoms in total. The highest BCUT2D eigenvalue weighted by atomic mass is 79.9. The van der Waals surface area contributed by atoms with Crippen molar-refractivity contribution in [3.05, 3.63) is 27.7 Å².